The number of sulfonamides is 1. The van der Waals surface area contributed by atoms with Crippen molar-refractivity contribution in [2.45, 2.75) is 38.6 Å². The fraction of sp³-hybridized carbons (Fsp3) is 0.643. The first-order chi connectivity index (χ1) is 11.4. The number of aromatic nitrogens is 3. The standard InChI is InChI=1S/C14H21N5O4S/c1-4-12-15-13(23-17-12)9-18-5-7-19(8-6-18)24(20,21)14-10(2)16-22-11(14)3/h4-9H2,1-3H3. The summed E-state index contributed by atoms with van der Waals surface area (Å²) in [6.07, 6.45) is 0.729. The van der Waals surface area contributed by atoms with E-state index in [1.54, 1.807) is 13.8 Å². The maximum atomic E-state index is 12.8. The summed E-state index contributed by atoms with van der Waals surface area (Å²) >= 11 is 0. The molecule has 0 radical (unpaired) electrons. The Morgan fingerprint density at radius 1 is 1.08 bits per heavy atom. The maximum absolute atomic E-state index is 12.8. The summed E-state index contributed by atoms with van der Waals surface area (Å²) in [5, 5.41) is 7.61. The van der Waals surface area contributed by atoms with Gasteiger partial charge in [0.2, 0.25) is 15.9 Å². The minimum atomic E-state index is -3.58. The molecule has 0 aromatic carbocycles. The molecule has 2 aromatic heterocycles. The molecule has 1 aliphatic heterocycles. The molecular formula is C14H21N5O4S. The van der Waals surface area contributed by atoms with E-state index in [0.717, 1.165) is 6.42 Å². The van der Waals surface area contributed by atoms with Crippen molar-refractivity contribution in [1.29, 1.82) is 0 Å². The Morgan fingerprint density at radius 2 is 1.79 bits per heavy atom. The molecule has 1 aliphatic rings. The lowest BCUT2D eigenvalue weighted by atomic mass is 10.3. The van der Waals surface area contributed by atoms with E-state index in [0.29, 0.717) is 55.9 Å². The van der Waals surface area contributed by atoms with Crippen LogP contribution in [0.15, 0.2) is 13.9 Å². The topological polar surface area (TPSA) is 106 Å². The van der Waals surface area contributed by atoms with E-state index in [-0.39, 0.29) is 4.90 Å². The molecule has 0 saturated carbocycles. The van der Waals surface area contributed by atoms with Crippen LogP contribution in [0.1, 0.15) is 30.1 Å². The molecule has 132 valence electrons. The molecule has 2 aromatic rings. The molecular weight excluding hydrogens is 334 g/mol. The van der Waals surface area contributed by atoms with Gasteiger partial charge in [0.25, 0.3) is 0 Å². The van der Waals surface area contributed by atoms with Crippen LogP contribution in [-0.2, 0) is 23.0 Å². The molecule has 0 bridgehead atoms. The highest BCUT2D eigenvalue weighted by Gasteiger charge is 2.33. The van der Waals surface area contributed by atoms with Crippen LogP contribution in [0, 0.1) is 13.8 Å². The third kappa shape index (κ3) is 3.21. The molecule has 3 heterocycles. The summed E-state index contributed by atoms with van der Waals surface area (Å²) in [6.45, 7) is 7.77. The minimum absolute atomic E-state index is 0.181. The van der Waals surface area contributed by atoms with Gasteiger partial charge in [-0.25, -0.2) is 8.42 Å². The molecule has 0 N–H and O–H groups in total. The van der Waals surface area contributed by atoms with Gasteiger partial charge >= 0.3 is 0 Å². The Labute approximate surface area is 140 Å². The first kappa shape index (κ1) is 17.1. The summed E-state index contributed by atoms with van der Waals surface area (Å²) in [6, 6.07) is 0. The fourth-order valence-corrected chi connectivity index (χ4v) is 4.50. The molecule has 1 fully saturated rings. The number of nitrogens with zero attached hydrogens (tertiary/aromatic N) is 5. The van der Waals surface area contributed by atoms with Crippen molar-refractivity contribution in [2.75, 3.05) is 26.2 Å². The Balaban J connectivity index is 1.64. The average Bonchev–Trinajstić information content (AvgIpc) is 3.14. The van der Waals surface area contributed by atoms with Gasteiger partial charge in [-0.3, -0.25) is 4.90 Å². The van der Waals surface area contributed by atoms with E-state index in [4.69, 9.17) is 9.05 Å². The zero-order chi connectivity index (χ0) is 17.3. The van der Waals surface area contributed by atoms with E-state index in [9.17, 15) is 8.42 Å². The Hall–Kier alpha value is -1.78. The van der Waals surface area contributed by atoms with Crippen molar-refractivity contribution in [1.82, 2.24) is 24.5 Å². The van der Waals surface area contributed by atoms with E-state index in [1.807, 2.05) is 6.92 Å². The normalized spacial score (nSPS) is 17.5. The maximum Gasteiger partial charge on any atom is 0.248 e. The van der Waals surface area contributed by atoms with Crippen molar-refractivity contribution >= 4 is 10.0 Å². The predicted molar refractivity (Wildman–Crippen MR) is 83.7 cm³/mol. The second-order valence-corrected chi connectivity index (χ2v) is 7.67. The van der Waals surface area contributed by atoms with Crippen molar-refractivity contribution < 1.29 is 17.5 Å². The van der Waals surface area contributed by atoms with Crippen LogP contribution in [-0.4, -0.2) is 59.1 Å². The van der Waals surface area contributed by atoms with Crippen LogP contribution in [0.25, 0.3) is 0 Å². The summed E-state index contributed by atoms with van der Waals surface area (Å²) in [4.78, 5) is 6.57. The highest BCUT2D eigenvalue weighted by Crippen LogP contribution is 2.24. The van der Waals surface area contributed by atoms with Crippen LogP contribution in [0.2, 0.25) is 0 Å². The summed E-state index contributed by atoms with van der Waals surface area (Å²) in [7, 11) is -3.58. The Kier molecular flexibility index (Phi) is 4.70. The highest BCUT2D eigenvalue weighted by atomic mass is 32.2. The van der Waals surface area contributed by atoms with Crippen LogP contribution in [0.3, 0.4) is 0 Å². The number of aryl methyl sites for hydroxylation is 3. The highest BCUT2D eigenvalue weighted by molar-refractivity contribution is 7.89. The Morgan fingerprint density at radius 3 is 2.33 bits per heavy atom. The molecule has 0 unspecified atom stereocenters. The lowest BCUT2D eigenvalue weighted by Crippen LogP contribution is -2.48. The van der Waals surface area contributed by atoms with Gasteiger partial charge in [0.1, 0.15) is 10.6 Å². The third-order valence-corrected chi connectivity index (χ3v) is 6.23. The van der Waals surface area contributed by atoms with Crippen LogP contribution in [0.4, 0.5) is 0 Å². The number of hydrogen-bond acceptors (Lipinski definition) is 8. The molecule has 3 rings (SSSR count). The number of hydrogen-bond donors (Lipinski definition) is 0. The van der Waals surface area contributed by atoms with Gasteiger partial charge < -0.3 is 9.05 Å². The molecule has 0 atom stereocenters. The molecule has 0 spiro atoms. The molecule has 10 heteroatoms. The molecule has 0 aliphatic carbocycles. The van der Waals surface area contributed by atoms with Gasteiger partial charge in [-0.2, -0.15) is 9.29 Å². The SMILES string of the molecule is CCc1noc(CN2CCN(S(=O)(=O)c3c(C)noc3C)CC2)n1. The van der Waals surface area contributed by atoms with Crippen LogP contribution < -0.4 is 0 Å². The predicted octanol–water partition coefficient (Wildman–Crippen LogP) is 0.743. The summed E-state index contributed by atoms with van der Waals surface area (Å²) in [5.41, 5.74) is 0.396. The molecule has 24 heavy (non-hydrogen) atoms. The van der Waals surface area contributed by atoms with Crippen LogP contribution >= 0.6 is 0 Å². The van der Waals surface area contributed by atoms with Gasteiger partial charge in [-0.1, -0.05) is 17.2 Å². The van der Waals surface area contributed by atoms with E-state index in [2.05, 4.69) is 20.2 Å². The quantitative estimate of drug-likeness (QED) is 0.773. The fourth-order valence-electron chi connectivity index (χ4n) is 2.79. The molecule has 1 saturated heterocycles. The number of rotatable bonds is 5. The molecule has 0 amide bonds. The first-order valence-electron chi connectivity index (χ1n) is 7.88. The lowest BCUT2D eigenvalue weighted by Gasteiger charge is -2.32. The average molecular weight is 355 g/mol. The monoisotopic (exact) mass is 355 g/mol. The second kappa shape index (κ2) is 6.61. The summed E-state index contributed by atoms with van der Waals surface area (Å²) < 4.78 is 37.2. The molecule has 9 nitrogen and oxygen atoms in total. The van der Waals surface area contributed by atoms with E-state index < -0.39 is 10.0 Å². The van der Waals surface area contributed by atoms with Gasteiger partial charge in [0.05, 0.1) is 6.54 Å². The minimum Gasteiger partial charge on any atom is -0.360 e. The van der Waals surface area contributed by atoms with Crippen molar-refractivity contribution in [3.05, 3.63) is 23.2 Å². The van der Waals surface area contributed by atoms with Crippen molar-refractivity contribution in [3.8, 4) is 0 Å². The van der Waals surface area contributed by atoms with Gasteiger partial charge in [-0.05, 0) is 13.8 Å². The Bertz CT molecular complexity index is 785. The van der Waals surface area contributed by atoms with Crippen molar-refractivity contribution in [3.63, 3.8) is 0 Å². The van der Waals surface area contributed by atoms with Gasteiger partial charge in [0, 0.05) is 32.6 Å². The van der Waals surface area contributed by atoms with E-state index >= 15 is 0 Å². The largest absolute Gasteiger partial charge is 0.360 e. The van der Waals surface area contributed by atoms with E-state index in [1.165, 1.54) is 4.31 Å². The summed E-state index contributed by atoms with van der Waals surface area (Å²) in [5.74, 6) is 1.58. The second-order valence-electron chi connectivity index (χ2n) is 5.79. The lowest BCUT2D eigenvalue weighted by molar-refractivity contribution is 0.163. The van der Waals surface area contributed by atoms with Crippen LogP contribution in [0.5, 0.6) is 0 Å². The first-order valence-corrected chi connectivity index (χ1v) is 9.32. The third-order valence-electron chi connectivity index (χ3n) is 4.08. The van der Waals surface area contributed by atoms with Gasteiger partial charge in [-0.15, -0.1) is 0 Å². The zero-order valence-corrected chi connectivity index (χ0v) is 14.8. The zero-order valence-electron chi connectivity index (χ0n) is 14.0. The van der Waals surface area contributed by atoms with Crippen molar-refractivity contribution in [2.24, 2.45) is 0 Å². The number of piperazine rings is 1. The smallest absolute Gasteiger partial charge is 0.248 e. The van der Waals surface area contributed by atoms with Gasteiger partial charge in [0.15, 0.2) is 11.6 Å².